The van der Waals surface area contributed by atoms with Gasteiger partial charge in [-0.25, -0.2) is 4.79 Å². The van der Waals surface area contributed by atoms with Crippen LogP contribution in [0.25, 0.3) is 10.8 Å². The van der Waals surface area contributed by atoms with E-state index < -0.39 is 5.97 Å². The summed E-state index contributed by atoms with van der Waals surface area (Å²) in [6.07, 6.45) is 5.65. The predicted octanol–water partition coefficient (Wildman–Crippen LogP) is 3.45. The topological polar surface area (TPSA) is 47.6 Å². The molecule has 1 heterocycles. The molecular weight excluding hydrogens is 266 g/mol. The Morgan fingerprint density at radius 1 is 1.10 bits per heavy atom. The maximum Gasteiger partial charge on any atom is 0.336 e. The lowest BCUT2D eigenvalue weighted by molar-refractivity contribution is -0.136. The van der Waals surface area contributed by atoms with E-state index in [0.29, 0.717) is 0 Å². The standard InChI is InChI=1S/C10H8.C7H7NO3/c1-2-6-10-8-4-3-7-9(10)5-1;1-2-7(9)11-6-4-3-5-10-8-6/h1-8H;2-5,8H,1H2. The van der Waals surface area contributed by atoms with Crippen LogP contribution in [0.15, 0.2) is 85.5 Å². The average Bonchev–Trinajstić information content (AvgIpc) is 2.56. The molecule has 0 saturated heterocycles. The summed E-state index contributed by atoms with van der Waals surface area (Å²) < 4.78 is 4.66. The van der Waals surface area contributed by atoms with Crippen LogP contribution in [-0.4, -0.2) is 5.97 Å². The summed E-state index contributed by atoms with van der Waals surface area (Å²) in [7, 11) is 0. The van der Waals surface area contributed by atoms with Crippen molar-refractivity contribution < 1.29 is 14.4 Å². The van der Waals surface area contributed by atoms with Gasteiger partial charge in [-0.05, 0) is 16.8 Å². The van der Waals surface area contributed by atoms with Crippen molar-refractivity contribution in [3.63, 3.8) is 0 Å². The SMILES string of the molecule is C=CC(=O)OC1=CC=CON1.c1ccc2ccccc2c1. The van der Waals surface area contributed by atoms with Crippen molar-refractivity contribution in [1.29, 1.82) is 0 Å². The molecule has 0 amide bonds. The number of hydrogen-bond acceptors (Lipinski definition) is 4. The Hall–Kier alpha value is -3.01. The summed E-state index contributed by atoms with van der Waals surface area (Å²) in [5.41, 5.74) is 2.37. The summed E-state index contributed by atoms with van der Waals surface area (Å²) in [5.74, 6) is -0.278. The maximum atomic E-state index is 10.6. The third kappa shape index (κ3) is 4.54. The molecule has 1 N–H and O–H groups in total. The second-order valence-corrected chi connectivity index (χ2v) is 4.05. The predicted molar refractivity (Wildman–Crippen MR) is 81.7 cm³/mol. The Labute approximate surface area is 122 Å². The van der Waals surface area contributed by atoms with Crippen LogP contribution in [-0.2, 0) is 14.4 Å². The second-order valence-electron chi connectivity index (χ2n) is 4.05. The minimum Gasteiger partial charge on any atom is -0.404 e. The highest BCUT2D eigenvalue weighted by molar-refractivity contribution is 5.82. The number of benzene rings is 2. The Kier molecular flexibility index (Phi) is 5.18. The number of hydrogen-bond donors (Lipinski definition) is 1. The van der Waals surface area contributed by atoms with Crippen molar-refractivity contribution >= 4 is 16.7 Å². The van der Waals surface area contributed by atoms with Crippen LogP contribution in [0.3, 0.4) is 0 Å². The van der Waals surface area contributed by atoms with E-state index in [4.69, 9.17) is 0 Å². The summed E-state index contributed by atoms with van der Waals surface area (Å²) in [6, 6.07) is 16.7. The molecule has 0 atom stereocenters. The fraction of sp³-hybridized carbons (Fsp3) is 0. The number of rotatable bonds is 2. The molecule has 0 aliphatic carbocycles. The van der Waals surface area contributed by atoms with Gasteiger partial charge in [0.25, 0.3) is 0 Å². The number of carbonyl (C=O) groups is 1. The lowest BCUT2D eigenvalue weighted by Crippen LogP contribution is -2.17. The van der Waals surface area contributed by atoms with Crippen molar-refractivity contribution in [1.82, 2.24) is 5.48 Å². The van der Waals surface area contributed by atoms with Crippen LogP contribution in [0.2, 0.25) is 0 Å². The van der Waals surface area contributed by atoms with Crippen molar-refractivity contribution in [2.45, 2.75) is 0 Å². The van der Waals surface area contributed by atoms with Crippen LogP contribution in [0.1, 0.15) is 0 Å². The Balaban J connectivity index is 0.000000154. The first-order valence-corrected chi connectivity index (χ1v) is 6.36. The number of ether oxygens (including phenoxy) is 1. The second kappa shape index (κ2) is 7.55. The largest absolute Gasteiger partial charge is 0.404 e. The van der Waals surface area contributed by atoms with Gasteiger partial charge in [0.15, 0.2) is 0 Å². The number of nitrogens with one attached hydrogen (secondary N) is 1. The Morgan fingerprint density at radius 3 is 2.10 bits per heavy atom. The van der Waals surface area contributed by atoms with Crippen molar-refractivity contribution in [2.24, 2.45) is 0 Å². The molecule has 0 bridgehead atoms. The highest BCUT2D eigenvalue weighted by Gasteiger charge is 2.03. The molecule has 1 aliphatic rings. The van der Waals surface area contributed by atoms with Gasteiger partial charge in [-0.1, -0.05) is 55.1 Å². The third-order valence-corrected chi connectivity index (χ3v) is 2.59. The van der Waals surface area contributed by atoms with Gasteiger partial charge in [0, 0.05) is 12.2 Å². The van der Waals surface area contributed by atoms with E-state index in [0.717, 1.165) is 6.08 Å². The number of esters is 1. The zero-order valence-electron chi connectivity index (χ0n) is 11.4. The highest BCUT2D eigenvalue weighted by Crippen LogP contribution is 2.11. The Morgan fingerprint density at radius 2 is 1.67 bits per heavy atom. The van der Waals surface area contributed by atoms with Crippen LogP contribution in [0, 0.1) is 0 Å². The molecule has 106 valence electrons. The van der Waals surface area contributed by atoms with Crippen LogP contribution < -0.4 is 5.48 Å². The van der Waals surface area contributed by atoms with Gasteiger partial charge in [-0.3, -0.25) is 0 Å². The molecule has 0 unspecified atom stereocenters. The van der Waals surface area contributed by atoms with E-state index in [1.165, 1.54) is 17.0 Å². The molecule has 2 aromatic carbocycles. The molecule has 0 saturated carbocycles. The highest BCUT2D eigenvalue weighted by atomic mass is 16.7. The number of hydroxylamine groups is 1. The van der Waals surface area contributed by atoms with E-state index >= 15 is 0 Å². The first-order valence-electron chi connectivity index (χ1n) is 6.36. The molecule has 0 aromatic heterocycles. The van der Waals surface area contributed by atoms with Gasteiger partial charge in [0.2, 0.25) is 5.88 Å². The van der Waals surface area contributed by atoms with Crippen molar-refractivity contribution in [3.8, 4) is 0 Å². The van der Waals surface area contributed by atoms with E-state index in [2.05, 4.69) is 70.2 Å². The van der Waals surface area contributed by atoms with Gasteiger partial charge in [-0.15, -0.1) is 0 Å². The normalized spacial score (nSPS) is 12.1. The fourth-order valence-electron chi connectivity index (χ4n) is 1.63. The maximum absolute atomic E-state index is 10.6. The minimum absolute atomic E-state index is 0.248. The summed E-state index contributed by atoms with van der Waals surface area (Å²) in [5, 5.41) is 2.62. The molecular formula is C17H15NO3. The van der Waals surface area contributed by atoms with Crippen molar-refractivity contribution in [3.05, 3.63) is 85.5 Å². The number of allylic oxidation sites excluding steroid dienone is 2. The summed E-state index contributed by atoms with van der Waals surface area (Å²) in [4.78, 5) is 15.2. The van der Waals surface area contributed by atoms with Gasteiger partial charge in [-0.2, -0.15) is 5.48 Å². The molecule has 4 nitrogen and oxygen atoms in total. The van der Waals surface area contributed by atoms with E-state index in [1.807, 2.05) is 0 Å². The molecule has 0 fully saturated rings. The van der Waals surface area contributed by atoms with Crippen LogP contribution >= 0.6 is 0 Å². The van der Waals surface area contributed by atoms with Gasteiger partial charge >= 0.3 is 5.97 Å². The molecule has 1 aliphatic heterocycles. The van der Waals surface area contributed by atoms with Gasteiger partial charge in [0.1, 0.15) is 6.26 Å². The monoisotopic (exact) mass is 281 g/mol. The summed E-state index contributed by atoms with van der Waals surface area (Å²) in [6.45, 7) is 3.24. The summed E-state index contributed by atoms with van der Waals surface area (Å²) >= 11 is 0. The first-order chi connectivity index (χ1) is 10.3. The van der Waals surface area contributed by atoms with E-state index in [1.54, 1.807) is 12.2 Å². The molecule has 21 heavy (non-hydrogen) atoms. The molecule has 0 radical (unpaired) electrons. The molecule has 4 heteroatoms. The van der Waals surface area contributed by atoms with Crippen LogP contribution in [0.4, 0.5) is 0 Å². The zero-order chi connectivity index (χ0) is 14.9. The van der Waals surface area contributed by atoms with Gasteiger partial charge < -0.3 is 9.57 Å². The lowest BCUT2D eigenvalue weighted by atomic mass is 10.1. The van der Waals surface area contributed by atoms with Crippen LogP contribution in [0.5, 0.6) is 0 Å². The molecule has 3 rings (SSSR count). The number of carbonyl (C=O) groups excluding carboxylic acids is 1. The fourth-order valence-corrected chi connectivity index (χ4v) is 1.63. The zero-order valence-corrected chi connectivity index (χ0v) is 11.4. The average molecular weight is 281 g/mol. The third-order valence-electron chi connectivity index (χ3n) is 2.59. The van der Waals surface area contributed by atoms with Crippen molar-refractivity contribution in [2.75, 3.05) is 0 Å². The minimum atomic E-state index is -0.525. The van der Waals surface area contributed by atoms with E-state index in [9.17, 15) is 4.79 Å². The van der Waals surface area contributed by atoms with Gasteiger partial charge in [0.05, 0.1) is 0 Å². The molecule has 0 spiro atoms. The van der Waals surface area contributed by atoms with E-state index in [-0.39, 0.29) is 5.88 Å². The first kappa shape index (κ1) is 14.4. The number of fused-ring (bicyclic) bond motifs is 1. The lowest BCUT2D eigenvalue weighted by Gasteiger charge is -2.09. The quantitative estimate of drug-likeness (QED) is 0.676. The molecule has 2 aromatic rings. The smallest absolute Gasteiger partial charge is 0.336 e. The Bertz CT molecular complexity index is 624.